The molecular formula is C14H19F2NO3. The molecule has 3 atom stereocenters. The average molecular weight is 287 g/mol. The molecule has 0 amide bonds. The first-order chi connectivity index (χ1) is 9.65. The predicted molar refractivity (Wildman–Crippen MR) is 69.9 cm³/mol. The maximum atomic E-state index is 13.1. The van der Waals surface area contributed by atoms with Gasteiger partial charge in [-0.15, -0.1) is 0 Å². The molecule has 2 rings (SSSR count). The van der Waals surface area contributed by atoms with E-state index in [9.17, 15) is 8.78 Å². The lowest BCUT2D eigenvalue weighted by molar-refractivity contribution is -0.114. The van der Waals surface area contributed by atoms with E-state index in [1.165, 1.54) is 6.07 Å². The summed E-state index contributed by atoms with van der Waals surface area (Å²) in [6.45, 7) is 0.974. The molecule has 112 valence electrons. The fraction of sp³-hybridized carbons (Fsp3) is 0.571. The van der Waals surface area contributed by atoms with Crippen molar-refractivity contribution in [3.05, 3.63) is 29.8 Å². The quantitative estimate of drug-likeness (QED) is 0.775. The van der Waals surface area contributed by atoms with Gasteiger partial charge >= 0.3 is 0 Å². The van der Waals surface area contributed by atoms with E-state index in [0.29, 0.717) is 19.0 Å². The van der Waals surface area contributed by atoms with Gasteiger partial charge < -0.3 is 19.5 Å². The highest BCUT2D eigenvalue weighted by molar-refractivity contribution is 5.24. The largest absolute Gasteiger partial charge is 0.487 e. The smallest absolute Gasteiger partial charge is 0.162 e. The Morgan fingerprint density at radius 3 is 2.70 bits per heavy atom. The summed E-state index contributed by atoms with van der Waals surface area (Å²) in [6, 6.07) is 3.72. The van der Waals surface area contributed by atoms with E-state index in [1.807, 2.05) is 7.05 Å². The number of hydrogen-bond acceptors (Lipinski definition) is 4. The Balaban J connectivity index is 1.92. The fourth-order valence-electron chi connectivity index (χ4n) is 2.20. The van der Waals surface area contributed by atoms with E-state index in [4.69, 9.17) is 14.2 Å². The molecule has 0 saturated heterocycles. The molecule has 0 aromatic heterocycles. The molecule has 1 saturated carbocycles. The summed E-state index contributed by atoms with van der Waals surface area (Å²) in [6.07, 6.45) is 0.463. The van der Waals surface area contributed by atoms with Crippen molar-refractivity contribution >= 4 is 0 Å². The minimum absolute atomic E-state index is 0.122. The molecule has 1 N–H and O–H groups in total. The summed E-state index contributed by atoms with van der Waals surface area (Å²) in [5, 5.41) is 3.13. The minimum Gasteiger partial charge on any atom is -0.487 e. The summed E-state index contributed by atoms with van der Waals surface area (Å²) in [5.41, 5.74) is 0. The number of rotatable bonds is 7. The molecule has 1 aliphatic rings. The lowest BCUT2D eigenvalue weighted by Crippen LogP contribution is -2.60. The SMILES string of the molecule is CNC1CC(Oc2ccc(F)c(F)c2)C1OCCOC. The molecule has 0 radical (unpaired) electrons. The van der Waals surface area contributed by atoms with Gasteiger partial charge in [0, 0.05) is 25.6 Å². The maximum Gasteiger partial charge on any atom is 0.162 e. The highest BCUT2D eigenvalue weighted by Crippen LogP contribution is 2.29. The average Bonchev–Trinajstić information content (AvgIpc) is 2.43. The monoisotopic (exact) mass is 287 g/mol. The predicted octanol–water partition coefficient (Wildman–Crippen LogP) is 1.74. The van der Waals surface area contributed by atoms with Crippen molar-refractivity contribution < 1.29 is 23.0 Å². The normalized spacial score (nSPS) is 25.3. The standard InChI is InChI=1S/C14H19F2NO3/c1-17-12-8-13(14(12)19-6-5-18-2)20-9-3-4-10(15)11(16)7-9/h3-4,7,12-14,17H,5-6,8H2,1-2H3. The number of benzene rings is 1. The van der Waals surface area contributed by atoms with Crippen molar-refractivity contribution in [1.82, 2.24) is 5.32 Å². The van der Waals surface area contributed by atoms with Crippen LogP contribution in [0.2, 0.25) is 0 Å². The molecule has 6 heteroatoms. The van der Waals surface area contributed by atoms with Crippen LogP contribution in [0.15, 0.2) is 18.2 Å². The Bertz CT molecular complexity index is 444. The van der Waals surface area contributed by atoms with Crippen LogP contribution < -0.4 is 10.1 Å². The first kappa shape index (κ1) is 15.2. The number of ether oxygens (including phenoxy) is 3. The number of nitrogens with one attached hydrogen (secondary N) is 1. The van der Waals surface area contributed by atoms with Crippen molar-refractivity contribution in [3.8, 4) is 5.75 Å². The molecule has 1 aliphatic carbocycles. The van der Waals surface area contributed by atoms with E-state index in [-0.39, 0.29) is 18.2 Å². The van der Waals surface area contributed by atoms with Gasteiger partial charge in [-0.05, 0) is 19.2 Å². The Kier molecular flexibility index (Phi) is 5.28. The van der Waals surface area contributed by atoms with Crippen LogP contribution >= 0.6 is 0 Å². The summed E-state index contributed by atoms with van der Waals surface area (Å²) in [5.74, 6) is -1.49. The maximum absolute atomic E-state index is 13.1. The summed E-state index contributed by atoms with van der Waals surface area (Å²) >= 11 is 0. The van der Waals surface area contributed by atoms with Crippen molar-refractivity contribution in [2.75, 3.05) is 27.4 Å². The molecule has 0 bridgehead atoms. The van der Waals surface area contributed by atoms with Crippen molar-refractivity contribution in [1.29, 1.82) is 0 Å². The van der Waals surface area contributed by atoms with Gasteiger partial charge in [-0.2, -0.15) is 0 Å². The van der Waals surface area contributed by atoms with E-state index in [1.54, 1.807) is 7.11 Å². The van der Waals surface area contributed by atoms with Crippen LogP contribution in [0, 0.1) is 11.6 Å². The zero-order chi connectivity index (χ0) is 14.5. The van der Waals surface area contributed by atoms with Crippen LogP contribution in [-0.2, 0) is 9.47 Å². The number of hydrogen-bond donors (Lipinski definition) is 1. The van der Waals surface area contributed by atoms with Crippen LogP contribution in [0.1, 0.15) is 6.42 Å². The van der Waals surface area contributed by atoms with Gasteiger partial charge in [0.1, 0.15) is 18.0 Å². The van der Waals surface area contributed by atoms with Crippen LogP contribution in [0.3, 0.4) is 0 Å². The number of methoxy groups -OCH3 is 1. The molecule has 0 aliphatic heterocycles. The molecule has 0 heterocycles. The third-order valence-corrected chi connectivity index (χ3v) is 3.40. The van der Waals surface area contributed by atoms with Gasteiger partial charge in [-0.3, -0.25) is 0 Å². The van der Waals surface area contributed by atoms with Gasteiger partial charge in [0.05, 0.1) is 13.2 Å². The summed E-state index contributed by atoms with van der Waals surface area (Å²) < 4.78 is 42.2. The van der Waals surface area contributed by atoms with Crippen LogP contribution in [0.25, 0.3) is 0 Å². The second kappa shape index (κ2) is 6.97. The molecule has 1 aromatic carbocycles. The third kappa shape index (κ3) is 3.45. The molecular weight excluding hydrogens is 268 g/mol. The van der Waals surface area contributed by atoms with Gasteiger partial charge in [0.15, 0.2) is 11.6 Å². The fourth-order valence-corrected chi connectivity index (χ4v) is 2.20. The van der Waals surface area contributed by atoms with E-state index >= 15 is 0 Å². The summed E-state index contributed by atoms with van der Waals surface area (Å²) in [7, 11) is 3.46. The van der Waals surface area contributed by atoms with Gasteiger partial charge in [-0.1, -0.05) is 0 Å². The lowest BCUT2D eigenvalue weighted by atomic mass is 9.85. The zero-order valence-corrected chi connectivity index (χ0v) is 11.6. The third-order valence-electron chi connectivity index (χ3n) is 3.40. The Hall–Kier alpha value is -1.24. The molecule has 20 heavy (non-hydrogen) atoms. The topological polar surface area (TPSA) is 39.7 Å². The van der Waals surface area contributed by atoms with Crippen LogP contribution in [0.5, 0.6) is 5.75 Å². The van der Waals surface area contributed by atoms with Crippen LogP contribution in [-0.4, -0.2) is 45.6 Å². The van der Waals surface area contributed by atoms with E-state index < -0.39 is 11.6 Å². The molecule has 3 unspecified atom stereocenters. The lowest BCUT2D eigenvalue weighted by Gasteiger charge is -2.43. The van der Waals surface area contributed by atoms with Gasteiger partial charge in [-0.25, -0.2) is 8.78 Å². The Morgan fingerprint density at radius 1 is 1.25 bits per heavy atom. The van der Waals surface area contributed by atoms with Crippen LogP contribution in [0.4, 0.5) is 8.78 Å². The molecule has 4 nitrogen and oxygen atoms in total. The molecule has 1 fully saturated rings. The summed E-state index contributed by atoms with van der Waals surface area (Å²) in [4.78, 5) is 0. The Labute approximate surface area is 117 Å². The number of halogens is 2. The van der Waals surface area contributed by atoms with Crippen molar-refractivity contribution in [2.45, 2.75) is 24.7 Å². The highest BCUT2D eigenvalue weighted by atomic mass is 19.2. The molecule has 1 aromatic rings. The van der Waals surface area contributed by atoms with E-state index in [0.717, 1.165) is 18.6 Å². The minimum atomic E-state index is -0.913. The zero-order valence-electron chi connectivity index (χ0n) is 11.6. The second-order valence-corrected chi connectivity index (χ2v) is 4.69. The van der Waals surface area contributed by atoms with Gasteiger partial charge in [0.25, 0.3) is 0 Å². The Morgan fingerprint density at radius 2 is 2.05 bits per heavy atom. The van der Waals surface area contributed by atoms with E-state index in [2.05, 4.69) is 5.32 Å². The van der Waals surface area contributed by atoms with Crippen molar-refractivity contribution in [2.24, 2.45) is 0 Å². The highest BCUT2D eigenvalue weighted by Gasteiger charge is 2.43. The number of likely N-dealkylation sites (N-methyl/N-ethyl adjacent to an activating group) is 1. The molecule has 0 spiro atoms. The van der Waals surface area contributed by atoms with Crippen molar-refractivity contribution in [3.63, 3.8) is 0 Å². The first-order valence-corrected chi connectivity index (χ1v) is 6.55. The van der Waals surface area contributed by atoms with Gasteiger partial charge in [0.2, 0.25) is 0 Å². The first-order valence-electron chi connectivity index (χ1n) is 6.55. The second-order valence-electron chi connectivity index (χ2n) is 4.69.